The van der Waals surface area contributed by atoms with Crippen molar-refractivity contribution in [3.05, 3.63) is 65.2 Å². The predicted octanol–water partition coefficient (Wildman–Crippen LogP) is 2.94. The molecule has 1 aliphatic heterocycles. The summed E-state index contributed by atoms with van der Waals surface area (Å²) in [5.41, 5.74) is 4.11. The van der Waals surface area contributed by atoms with Crippen LogP contribution in [0.4, 0.5) is 0 Å². The van der Waals surface area contributed by atoms with Gasteiger partial charge < -0.3 is 10.1 Å². The molecular formula is C22H26N2O2. The normalized spacial score (nSPS) is 19.3. The van der Waals surface area contributed by atoms with Gasteiger partial charge in [0.05, 0.1) is 0 Å². The molecular weight excluding hydrogens is 324 g/mol. The zero-order valence-electron chi connectivity index (χ0n) is 15.1. The number of amides is 1. The van der Waals surface area contributed by atoms with Gasteiger partial charge in [0.25, 0.3) is 5.91 Å². The molecule has 2 aromatic rings. The molecule has 0 spiro atoms. The second kappa shape index (κ2) is 7.92. The number of carbonyl (C=O) groups is 1. The van der Waals surface area contributed by atoms with Gasteiger partial charge in [-0.25, -0.2) is 0 Å². The number of aryl methyl sites for hydroxylation is 2. The van der Waals surface area contributed by atoms with Gasteiger partial charge in [0.1, 0.15) is 5.75 Å². The molecule has 0 radical (unpaired) electrons. The molecule has 0 aromatic heterocycles. The van der Waals surface area contributed by atoms with Crippen LogP contribution in [0.5, 0.6) is 5.75 Å². The maximum Gasteiger partial charge on any atom is 0.258 e. The molecule has 1 aliphatic carbocycles. The van der Waals surface area contributed by atoms with Crippen molar-refractivity contribution in [1.29, 1.82) is 0 Å². The molecule has 26 heavy (non-hydrogen) atoms. The zero-order valence-corrected chi connectivity index (χ0v) is 15.1. The quantitative estimate of drug-likeness (QED) is 0.871. The minimum atomic E-state index is -0.0305. The number of nitrogens with one attached hydrogen (secondary N) is 1. The van der Waals surface area contributed by atoms with Crippen LogP contribution in [0.1, 0.15) is 29.5 Å². The maximum absolute atomic E-state index is 12.2. The molecule has 0 bridgehead atoms. The molecule has 4 nitrogen and oxygen atoms in total. The third kappa shape index (κ3) is 4.25. The summed E-state index contributed by atoms with van der Waals surface area (Å²) in [5.74, 6) is 0.773. The second-order valence-electron chi connectivity index (χ2n) is 7.35. The number of benzene rings is 2. The van der Waals surface area contributed by atoms with Gasteiger partial charge in [-0.1, -0.05) is 36.4 Å². The Morgan fingerprint density at radius 1 is 1.12 bits per heavy atom. The second-order valence-corrected chi connectivity index (χ2v) is 7.35. The van der Waals surface area contributed by atoms with Crippen LogP contribution in [-0.4, -0.2) is 36.5 Å². The van der Waals surface area contributed by atoms with Crippen molar-refractivity contribution in [2.75, 3.05) is 19.7 Å². The number of hydrogen-bond donors (Lipinski definition) is 1. The monoisotopic (exact) mass is 350 g/mol. The molecule has 1 atom stereocenters. The molecule has 4 rings (SSSR count). The van der Waals surface area contributed by atoms with E-state index in [1.807, 2.05) is 12.1 Å². The van der Waals surface area contributed by atoms with Crippen molar-refractivity contribution in [3.63, 3.8) is 0 Å². The van der Waals surface area contributed by atoms with E-state index < -0.39 is 0 Å². The van der Waals surface area contributed by atoms with E-state index in [4.69, 9.17) is 4.74 Å². The van der Waals surface area contributed by atoms with Crippen molar-refractivity contribution in [2.45, 2.75) is 38.3 Å². The highest BCUT2D eigenvalue weighted by Gasteiger charge is 2.24. The first-order chi connectivity index (χ1) is 12.8. The highest BCUT2D eigenvalue weighted by atomic mass is 16.5. The average Bonchev–Trinajstić information content (AvgIpc) is 3.29. The molecule has 4 heteroatoms. The lowest BCUT2D eigenvalue weighted by atomic mass is 10.1. The number of carbonyl (C=O) groups excluding carboxylic acids is 1. The molecule has 1 N–H and O–H groups in total. The Labute approximate surface area is 155 Å². The highest BCUT2D eigenvalue weighted by molar-refractivity contribution is 5.77. The van der Waals surface area contributed by atoms with Crippen LogP contribution < -0.4 is 10.1 Å². The largest absolute Gasteiger partial charge is 0.484 e. The van der Waals surface area contributed by atoms with Gasteiger partial charge in [0.15, 0.2) is 6.61 Å². The van der Waals surface area contributed by atoms with Crippen molar-refractivity contribution in [2.24, 2.45) is 0 Å². The predicted molar refractivity (Wildman–Crippen MR) is 102 cm³/mol. The van der Waals surface area contributed by atoms with Gasteiger partial charge in [0.2, 0.25) is 0 Å². The lowest BCUT2D eigenvalue weighted by Gasteiger charge is -2.17. The van der Waals surface area contributed by atoms with E-state index in [2.05, 4.69) is 46.6 Å². The third-order valence-electron chi connectivity index (χ3n) is 5.33. The van der Waals surface area contributed by atoms with Crippen molar-refractivity contribution >= 4 is 5.91 Å². The molecule has 1 heterocycles. The van der Waals surface area contributed by atoms with Gasteiger partial charge in [-0.3, -0.25) is 9.69 Å². The summed E-state index contributed by atoms with van der Waals surface area (Å²) < 4.78 is 5.70. The fourth-order valence-corrected chi connectivity index (χ4v) is 3.99. The molecule has 0 saturated carbocycles. The molecule has 136 valence electrons. The molecule has 2 aliphatic rings. The first-order valence-electron chi connectivity index (χ1n) is 9.56. The van der Waals surface area contributed by atoms with E-state index in [-0.39, 0.29) is 18.6 Å². The van der Waals surface area contributed by atoms with E-state index in [1.165, 1.54) is 23.1 Å². The summed E-state index contributed by atoms with van der Waals surface area (Å²) in [7, 11) is 0. The number of ether oxygens (including phenoxy) is 1. The van der Waals surface area contributed by atoms with Gasteiger partial charge in [-0.15, -0.1) is 0 Å². The fourth-order valence-electron chi connectivity index (χ4n) is 3.99. The standard InChI is InChI=1S/C22H26N2O2/c25-22(16-26-21-10-9-18-7-4-8-19(18)13-21)23-20-11-12-24(15-20)14-17-5-2-1-3-6-17/h1-3,5-6,9-10,13,20H,4,7-8,11-12,14-16H2,(H,23,25). The average molecular weight is 350 g/mol. The Balaban J connectivity index is 1.21. The Morgan fingerprint density at radius 3 is 2.85 bits per heavy atom. The van der Waals surface area contributed by atoms with Gasteiger partial charge in [0, 0.05) is 25.7 Å². The SMILES string of the molecule is O=C(COc1ccc2c(c1)CCC2)NC1CCN(Cc2ccccc2)C1. The zero-order chi connectivity index (χ0) is 17.8. The lowest BCUT2D eigenvalue weighted by molar-refractivity contribution is -0.123. The first kappa shape index (κ1) is 17.1. The lowest BCUT2D eigenvalue weighted by Crippen LogP contribution is -2.39. The van der Waals surface area contributed by atoms with Crippen LogP contribution in [0.3, 0.4) is 0 Å². The Hall–Kier alpha value is -2.33. The minimum absolute atomic E-state index is 0.0305. The van der Waals surface area contributed by atoms with Crippen molar-refractivity contribution in [3.8, 4) is 5.75 Å². The summed E-state index contributed by atoms with van der Waals surface area (Å²) in [6.45, 7) is 2.96. The maximum atomic E-state index is 12.2. The fraction of sp³-hybridized carbons (Fsp3) is 0.409. The van der Waals surface area contributed by atoms with Gasteiger partial charge in [-0.2, -0.15) is 0 Å². The summed E-state index contributed by atoms with van der Waals surface area (Å²) >= 11 is 0. The topological polar surface area (TPSA) is 41.6 Å². The highest BCUT2D eigenvalue weighted by Crippen LogP contribution is 2.26. The smallest absolute Gasteiger partial charge is 0.258 e. The van der Waals surface area contributed by atoms with Crippen LogP contribution in [0, 0.1) is 0 Å². The van der Waals surface area contributed by atoms with E-state index in [9.17, 15) is 4.79 Å². The molecule has 1 amide bonds. The Bertz CT molecular complexity index is 760. The van der Waals surface area contributed by atoms with Crippen LogP contribution in [0.15, 0.2) is 48.5 Å². The van der Waals surface area contributed by atoms with Crippen LogP contribution in [0.25, 0.3) is 0 Å². The number of nitrogens with zero attached hydrogens (tertiary/aromatic N) is 1. The molecule has 1 saturated heterocycles. The Morgan fingerprint density at radius 2 is 1.96 bits per heavy atom. The van der Waals surface area contributed by atoms with E-state index in [0.717, 1.165) is 44.6 Å². The van der Waals surface area contributed by atoms with Gasteiger partial charge in [-0.05, 0) is 54.5 Å². The van der Waals surface area contributed by atoms with E-state index in [1.54, 1.807) is 0 Å². The molecule has 1 unspecified atom stereocenters. The number of rotatable bonds is 6. The minimum Gasteiger partial charge on any atom is -0.484 e. The van der Waals surface area contributed by atoms with Crippen LogP contribution in [-0.2, 0) is 24.2 Å². The number of hydrogen-bond acceptors (Lipinski definition) is 3. The van der Waals surface area contributed by atoms with E-state index >= 15 is 0 Å². The molecule has 2 aromatic carbocycles. The number of fused-ring (bicyclic) bond motifs is 1. The summed E-state index contributed by atoms with van der Waals surface area (Å²) in [6.07, 6.45) is 4.51. The Kier molecular flexibility index (Phi) is 5.21. The molecule has 1 fully saturated rings. The number of likely N-dealkylation sites (tertiary alicyclic amines) is 1. The van der Waals surface area contributed by atoms with Crippen molar-refractivity contribution in [1.82, 2.24) is 10.2 Å². The summed E-state index contributed by atoms with van der Waals surface area (Å²) in [4.78, 5) is 14.6. The summed E-state index contributed by atoms with van der Waals surface area (Å²) in [6, 6.07) is 16.9. The van der Waals surface area contributed by atoms with Crippen molar-refractivity contribution < 1.29 is 9.53 Å². The van der Waals surface area contributed by atoms with E-state index in [0.29, 0.717) is 0 Å². The summed E-state index contributed by atoms with van der Waals surface area (Å²) in [5, 5.41) is 3.11. The first-order valence-corrected chi connectivity index (χ1v) is 9.56. The van der Waals surface area contributed by atoms with Crippen LogP contribution >= 0.6 is 0 Å². The van der Waals surface area contributed by atoms with Gasteiger partial charge >= 0.3 is 0 Å². The van der Waals surface area contributed by atoms with Crippen LogP contribution in [0.2, 0.25) is 0 Å². The third-order valence-corrected chi connectivity index (χ3v) is 5.33.